The molecule has 10 heteroatoms. The van der Waals surface area contributed by atoms with E-state index in [9.17, 15) is 18.0 Å². The van der Waals surface area contributed by atoms with Gasteiger partial charge in [-0.1, -0.05) is 61.3 Å². The highest BCUT2D eigenvalue weighted by Gasteiger charge is 2.32. The number of benzene rings is 2. The van der Waals surface area contributed by atoms with E-state index >= 15 is 0 Å². The van der Waals surface area contributed by atoms with E-state index in [4.69, 9.17) is 23.2 Å². The number of amides is 2. The summed E-state index contributed by atoms with van der Waals surface area (Å²) in [5.41, 5.74) is 1.71. The first-order chi connectivity index (χ1) is 16.0. The Hall–Kier alpha value is -2.29. The second kappa shape index (κ2) is 12.4. The molecule has 0 aliphatic carbocycles. The van der Waals surface area contributed by atoms with Crippen LogP contribution in [0.1, 0.15) is 37.8 Å². The first-order valence-electron chi connectivity index (χ1n) is 11.0. The number of anilines is 1. The molecule has 0 bridgehead atoms. The molecule has 2 aromatic carbocycles. The molecule has 0 aliphatic heterocycles. The normalized spacial score (nSPS) is 12.2. The summed E-state index contributed by atoms with van der Waals surface area (Å²) in [5, 5.41) is 3.67. The van der Waals surface area contributed by atoms with Crippen LogP contribution in [0, 0.1) is 6.92 Å². The van der Waals surface area contributed by atoms with E-state index < -0.39 is 28.5 Å². The Morgan fingerprint density at radius 1 is 1.06 bits per heavy atom. The maximum absolute atomic E-state index is 13.6. The highest BCUT2D eigenvalue weighted by atomic mass is 35.5. The zero-order chi connectivity index (χ0) is 25.5. The van der Waals surface area contributed by atoms with Crippen molar-refractivity contribution < 1.29 is 18.0 Å². The lowest BCUT2D eigenvalue weighted by atomic mass is 10.1. The van der Waals surface area contributed by atoms with Crippen LogP contribution in [-0.4, -0.2) is 50.5 Å². The van der Waals surface area contributed by atoms with Crippen LogP contribution in [0.15, 0.2) is 42.5 Å². The van der Waals surface area contributed by atoms with Crippen LogP contribution >= 0.6 is 23.2 Å². The van der Waals surface area contributed by atoms with E-state index in [1.54, 1.807) is 50.2 Å². The minimum atomic E-state index is -3.82. The Labute approximate surface area is 212 Å². The summed E-state index contributed by atoms with van der Waals surface area (Å²) in [6.45, 7) is 5.58. The summed E-state index contributed by atoms with van der Waals surface area (Å²) >= 11 is 12.5. The summed E-state index contributed by atoms with van der Waals surface area (Å²) < 4.78 is 26.2. The van der Waals surface area contributed by atoms with Gasteiger partial charge in [0.05, 0.1) is 11.9 Å². The van der Waals surface area contributed by atoms with E-state index in [-0.39, 0.29) is 18.1 Å². The molecular formula is C24H31Cl2N3O4S. The molecule has 1 N–H and O–H groups in total. The molecule has 0 aliphatic rings. The van der Waals surface area contributed by atoms with Gasteiger partial charge in [-0.3, -0.25) is 13.9 Å². The van der Waals surface area contributed by atoms with Gasteiger partial charge in [-0.25, -0.2) is 8.42 Å². The Balaban J connectivity index is 2.46. The first-order valence-corrected chi connectivity index (χ1v) is 13.6. The second-order valence-electron chi connectivity index (χ2n) is 8.03. The average molecular weight is 529 g/mol. The van der Waals surface area contributed by atoms with Gasteiger partial charge in [-0.05, 0) is 49.1 Å². The molecule has 0 heterocycles. The van der Waals surface area contributed by atoms with E-state index in [0.717, 1.165) is 22.5 Å². The fourth-order valence-corrected chi connectivity index (χ4v) is 4.66. The molecular weight excluding hydrogens is 497 g/mol. The molecule has 0 radical (unpaired) electrons. The Kier molecular flexibility index (Phi) is 10.2. The summed E-state index contributed by atoms with van der Waals surface area (Å²) in [7, 11) is -3.82. The molecule has 0 unspecified atom stereocenters. The first kappa shape index (κ1) is 28.0. The molecule has 0 fully saturated rings. The van der Waals surface area contributed by atoms with Crippen molar-refractivity contribution in [2.24, 2.45) is 0 Å². The van der Waals surface area contributed by atoms with Crippen molar-refractivity contribution in [1.29, 1.82) is 0 Å². The van der Waals surface area contributed by atoms with Crippen molar-refractivity contribution in [3.63, 3.8) is 0 Å². The fourth-order valence-electron chi connectivity index (χ4n) is 3.45. The molecule has 2 rings (SSSR count). The minimum absolute atomic E-state index is 0.0583. The van der Waals surface area contributed by atoms with Gasteiger partial charge < -0.3 is 10.2 Å². The van der Waals surface area contributed by atoms with Crippen LogP contribution in [-0.2, 0) is 26.2 Å². The molecule has 34 heavy (non-hydrogen) atoms. The van der Waals surface area contributed by atoms with E-state index in [2.05, 4.69) is 5.32 Å². The lowest BCUT2D eigenvalue weighted by Crippen LogP contribution is -2.52. The molecule has 7 nitrogen and oxygen atoms in total. The zero-order valence-corrected chi connectivity index (χ0v) is 22.2. The maximum Gasteiger partial charge on any atom is 0.244 e. The third-order valence-electron chi connectivity index (χ3n) is 5.36. The highest BCUT2D eigenvalue weighted by molar-refractivity contribution is 7.92. The number of nitrogens with zero attached hydrogens (tertiary/aromatic N) is 2. The number of halogens is 2. The van der Waals surface area contributed by atoms with Crippen molar-refractivity contribution in [3.05, 3.63) is 63.6 Å². The van der Waals surface area contributed by atoms with Crippen molar-refractivity contribution in [3.8, 4) is 0 Å². The van der Waals surface area contributed by atoms with Gasteiger partial charge in [0, 0.05) is 23.1 Å². The number of carbonyl (C=O) groups excluding carboxylic acids is 2. The number of nitrogens with one attached hydrogen (secondary N) is 1. The summed E-state index contributed by atoms with van der Waals surface area (Å²) in [5.74, 6) is -0.824. The minimum Gasteiger partial charge on any atom is -0.354 e. The van der Waals surface area contributed by atoms with Crippen molar-refractivity contribution >= 4 is 50.7 Å². The van der Waals surface area contributed by atoms with Crippen molar-refractivity contribution in [2.75, 3.05) is 23.7 Å². The van der Waals surface area contributed by atoms with Gasteiger partial charge >= 0.3 is 0 Å². The lowest BCUT2D eigenvalue weighted by molar-refractivity contribution is -0.140. The van der Waals surface area contributed by atoms with Crippen LogP contribution in [0.3, 0.4) is 0 Å². The summed E-state index contributed by atoms with van der Waals surface area (Å²) in [6, 6.07) is 11.0. The number of aryl methyl sites for hydroxylation is 1. The Bertz CT molecular complexity index is 1120. The van der Waals surface area contributed by atoms with E-state index in [1.165, 1.54) is 11.0 Å². The largest absolute Gasteiger partial charge is 0.354 e. The lowest BCUT2D eigenvalue weighted by Gasteiger charge is -2.33. The predicted molar refractivity (Wildman–Crippen MR) is 138 cm³/mol. The van der Waals surface area contributed by atoms with Crippen LogP contribution in [0.2, 0.25) is 10.0 Å². The molecule has 0 saturated heterocycles. The van der Waals surface area contributed by atoms with E-state index in [1.807, 2.05) is 6.92 Å². The Morgan fingerprint density at radius 3 is 2.29 bits per heavy atom. The molecule has 0 saturated carbocycles. The van der Waals surface area contributed by atoms with Gasteiger partial charge in [0.25, 0.3) is 0 Å². The molecule has 1 atom stereocenters. The summed E-state index contributed by atoms with van der Waals surface area (Å²) in [6.07, 6.45) is 2.12. The maximum atomic E-state index is 13.6. The smallest absolute Gasteiger partial charge is 0.244 e. The summed E-state index contributed by atoms with van der Waals surface area (Å²) in [4.78, 5) is 27.9. The number of sulfonamides is 1. The predicted octanol–water partition coefficient (Wildman–Crippen LogP) is 4.40. The van der Waals surface area contributed by atoms with Gasteiger partial charge in [0.2, 0.25) is 21.8 Å². The standard InChI is InChI=1S/C24H31Cl2N3O4S/c1-5-13-27-24(31)22(6-2)28(15-18-9-7-8-10-20(18)25)23(30)16-29(34(4,32)33)19-12-11-17(3)21(26)14-19/h7-12,14,22H,5-6,13,15-16H2,1-4H3,(H,27,31)/t22-/m1/s1. The third-order valence-corrected chi connectivity index (χ3v) is 7.27. The molecule has 0 spiro atoms. The van der Waals surface area contributed by atoms with Crippen LogP contribution in [0.5, 0.6) is 0 Å². The fraction of sp³-hybridized carbons (Fsp3) is 0.417. The van der Waals surface area contributed by atoms with Gasteiger partial charge in [-0.15, -0.1) is 0 Å². The van der Waals surface area contributed by atoms with Gasteiger partial charge in [-0.2, -0.15) is 0 Å². The number of rotatable bonds is 11. The van der Waals surface area contributed by atoms with Gasteiger partial charge in [0.15, 0.2) is 0 Å². The number of carbonyl (C=O) groups is 2. The van der Waals surface area contributed by atoms with Crippen LogP contribution in [0.25, 0.3) is 0 Å². The number of hydrogen-bond acceptors (Lipinski definition) is 4. The molecule has 2 aromatic rings. The zero-order valence-electron chi connectivity index (χ0n) is 19.8. The van der Waals surface area contributed by atoms with Crippen LogP contribution in [0.4, 0.5) is 5.69 Å². The van der Waals surface area contributed by atoms with Crippen molar-refractivity contribution in [1.82, 2.24) is 10.2 Å². The molecule has 2 amide bonds. The molecule has 0 aromatic heterocycles. The third kappa shape index (κ3) is 7.35. The Morgan fingerprint density at radius 2 is 1.74 bits per heavy atom. The van der Waals surface area contributed by atoms with Crippen molar-refractivity contribution in [2.45, 2.75) is 46.2 Å². The quantitative estimate of drug-likeness (QED) is 0.469. The number of hydrogen-bond donors (Lipinski definition) is 1. The topological polar surface area (TPSA) is 86.8 Å². The SMILES string of the molecule is CCCNC(=O)[C@@H](CC)N(Cc1ccccc1Cl)C(=O)CN(c1ccc(C)c(Cl)c1)S(C)(=O)=O. The van der Waals surface area contributed by atoms with Gasteiger partial charge in [0.1, 0.15) is 12.6 Å². The molecule has 186 valence electrons. The average Bonchev–Trinajstić information content (AvgIpc) is 2.78. The van der Waals surface area contributed by atoms with E-state index in [0.29, 0.717) is 28.6 Å². The second-order valence-corrected chi connectivity index (χ2v) is 10.8. The highest BCUT2D eigenvalue weighted by Crippen LogP contribution is 2.26. The monoisotopic (exact) mass is 527 g/mol. The van der Waals surface area contributed by atoms with Crippen LogP contribution < -0.4 is 9.62 Å².